The SMILES string of the molecule is COc1nc2cc(C(F)(F)F)c(I)cc2c(=O)[nH]1. The fraction of sp³-hybridized carbons (Fsp3) is 0.200. The number of hydrogen-bond donors (Lipinski definition) is 1. The second kappa shape index (κ2) is 4.41. The Morgan fingerprint density at radius 1 is 1.39 bits per heavy atom. The van der Waals surface area contributed by atoms with Crippen molar-refractivity contribution in [2.45, 2.75) is 6.18 Å². The number of halogens is 4. The molecule has 18 heavy (non-hydrogen) atoms. The van der Waals surface area contributed by atoms with Crippen LogP contribution in [0.2, 0.25) is 0 Å². The normalized spacial score (nSPS) is 11.8. The first-order valence-electron chi connectivity index (χ1n) is 4.67. The molecule has 0 aliphatic heterocycles. The highest BCUT2D eigenvalue weighted by Gasteiger charge is 2.33. The van der Waals surface area contributed by atoms with Gasteiger partial charge < -0.3 is 4.74 Å². The van der Waals surface area contributed by atoms with Gasteiger partial charge in [0.05, 0.1) is 23.6 Å². The van der Waals surface area contributed by atoms with Crippen LogP contribution < -0.4 is 10.3 Å². The second-order valence-corrected chi connectivity index (χ2v) is 4.58. The van der Waals surface area contributed by atoms with Crippen molar-refractivity contribution in [3.8, 4) is 6.01 Å². The Hall–Kier alpha value is -1.32. The summed E-state index contributed by atoms with van der Waals surface area (Å²) in [6.45, 7) is 0. The van der Waals surface area contributed by atoms with Gasteiger partial charge in [-0.1, -0.05) is 0 Å². The molecular weight excluding hydrogens is 364 g/mol. The molecule has 0 amide bonds. The third-order valence-electron chi connectivity index (χ3n) is 2.27. The van der Waals surface area contributed by atoms with Crippen LogP contribution in [0.25, 0.3) is 10.9 Å². The van der Waals surface area contributed by atoms with Gasteiger partial charge in [0.25, 0.3) is 11.6 Å². The van der Waals surface area contributed by atoms with Gasteiger partial charge in [0.15, 0.2) is 0 Å². The molecule has 1 aromatic carbocycles. The lowest BCUT2D eigenvalue weighted by atomic mass is 10.1. The van der Waals surface area contributed by atoms with Crippen LogP contribution in [-0.2, 0) is 6.18 Å². The Bertz CT molecular complexity index is 666. The summed E-state index contributed by atoms with van der Waals surface area (Å²) in [7, 11) is 1.27. The number of nitrogens with zero attached hydrogens (tertiary/aromatic N) is 1. The molecule has 0 bridgehead atoms. The summed E-state index contributed by atoms with van der Waals surface area (Å²) in [5, 5.41) is 0.0909. The van der Waals surface area contributed by atoms with Crippen molar-refractivity contribution < 1.29 is 17.9 Å². The monoisotopic (exact) mass is 370 g/mol. The molecule has 0 spiro atoms. The molecule has 0 aliphatic rings. The van der Waals surface area contributed by atoms with Crippen LogP contribution in [0.4, 0.5) is 13.2 Å². The van der Waals surface area contributed by atoms with Crippen molar-refractivity contribution in [2.24, 2.45) is 0 Å². The third-order valence-corrected chi connectivity index (χ3v) is 3.16. The van der Waals surface area contributed by atoms with Crippen molar-refractivity contribution in [1.29, 1.82) is 0 Å². The lowest BCUT2D eigenvalue weighted by Crippen LogP contribution is -2.13. The van der Waals surface area contributed by atoms with E-state index in [0.29, 0.717) is 0 Å². The van der Waals surface area contributed by atoms with Crippen LogP contribution in [0.1, 0.15) is 5.56 Å². The van der Waals surface area contributed by atoms with Gasteiger partial charge in [0.2, 0.25) is 0 Å². The minimum Gasteiger partial charge on any atom is -0.468 e. The zero-order valence-corrected chi connectivity index (χ0v) is 11.1. The summed E-state index contributed by atoms with van der Waals surface area (Å²) in [5.74, 6) is 0. The standard InChI is InChI=1S/C10H6F3IN2O2/c1-18-9-15-7-3-5(10(11,12)13)6(14)2-4(7)8(17)16-9/h2-3H,1H3,(H,15,16,17). The van der Waals surface area contributed by atoms with Crippen molar-refractivity contribution in [3.63, 3.8) is 0 Å². The summed E-state index contributed by atoms with van der Waals surface area (Å²) >= 11 is 1.54. The molecule has 1 heterocycles. The Morgan fingerprint density at radius 3 is 2.61 bits per heavy atom. The van der Waals surface area contributed by atoms with Gasteiger partial charge in [-0.3, -0.25) is 9.78 Å². The molecule has 96 valence electrons. The molecule has 2 aromatic rings. The highest BCUT2D eigenvalue weighted by Crippen LogP contribution is 2.34. The van der Waals surface area contributed by atoms with Crippen molar-refractivity contribution >= 4 is 33.5 Å². The molecule has 4 nitrogen and oxygen atoms in total. The molecular formula is C10H6F3IN2O2. The van der Waals surface area contributed by atoms with E-state index in [-0.39, 0.29) is 20.5 Å². The number of H-pyrrole nitrogens is 1. The number of rotatable bonds is 1. The lowest BCUT2D eigenvalue weighted by Gasteiger charge is -2.10. The molecule has 0 radical (unpaired) electrons. The number of nitrogens with one attached hydrogen (secondary N) is 1. The molecule has 0 fully saturated rings. The summed E-state index contributed by atoms with van der Waals surface area (Å²) < 4.78 is 42.8. The van der Waals surface area contributed by atoms with Gasteiger partial charge in [-0.2, -0.15) is 18.2 Å². The average molecular weight is 370 g/mol. The minimum atomic E-state index is -4.48. The molecule has 1 N–H and O–H groups in total. The smallest absolute Gasteiger partial charge is 0.417 e. The molecule has 1 aromatic heterocycles. The van der Waals surface area contributed by atoms with Crippen LogP contribution in [0, 0.1) is 3.57 Å². The zero-order valence-electron chi connectivity index (χ0n) is 8.93. The first-order chi connectivity index (χ1) is 8.32. The Balaban J connectivity index is 2.81. The van der Waals surface area contributed by atoms with E-state index in [9.17, 15) is 18.0 Å². The second-order valence-electron chi connectivity index (χ2n) is 3.42. The highest BCUT2D eigenvalue weighted by molar-refractivity contribution is 14.1. The minimum absolute atomic E-state index is 0.0509. The largest absolute Gasteiger partial charge is 0.468 e. The molecule has 0 unspecified atom stereocenters. The van der Waals surface area contributed by atoms with Crippen LogP contribution in [0.3, 0.4) is 0 Å². The molecule has 2 rings (SSSR count). The van der Waals surface area contributed by atoms with Crippen LogP contribution in [-0.4, -0.2) is 17.1 Å². The number of methoxy groups -OCH3 is 1. The van der Waals surface area contributed by atoms with E-state index < -0.39 is 17.3 Å². The predicted octanol–water partition coefficient (Wildman–Crippen LogP) is 2.56. The van der Waals surface area contributed by atoms with Gasteiger partial charge in [-0.25, -0.2) is 0 Å². The zero-order chi connectivity index (χ0) is 13.5. The van der Waals surface area contributed by atoms with Crippen molar-refractivity contribution in [3.05, 3.63) is 31.6 Å². The van der Waals surface area contributed by atoms with E-state index in [4.69, 9.17) is 4.74 Å². The fourth-order valence-corrected chi connectivity index (χ4v) is 2.22. The number of aromatic nitrogens is 2. The van der Waals surface area contributed by atoms with Crippen molar-refractivity contribution in [2.75, 3.05) is 7.11 Å². The molecule has 0 atom stereocenters. The number of alkyl halides is 3. The topological polar surface area (TPSA) is 55.0 Å². The molecule has 0 saturated carbocycles. The molecule has 0 saturated heterocycles. The first kappa shape index (κ1) is 13.1. The maximum Gasteiger partial charge on any atom is 0.417 e. The van der Waals surface area contributed by atoms with E-state index in [2.05, 4.69) is 9.97 Å². The summed E-state index contributed by atoms with van der Waals surface area (Å²) in [6, 6.07) is 1.88. The van der Waals surface area contributed by atoms with Gasteiger partial charge in [-0.15, -0.1) is 0 Å². The predicted molar refractivity (Wildman–Crippen MR) is 66.6 cm³/mol. The number of ether oxygens (including phenoxy) is 1. The average Bonchev–Trinajstić information content (AvgIpc) is 2.27. The van der Waals surface area contributed by atoms with Crippen LogP contribution in [0.5, 0.6) is 6.01 Å². The Labute approximate surface area is 112 Å². The molecule has 0 aliphatic carbocycles. The van der Waals surface area contributed by atoms with Gasteiger partial charge in [0, 0.05) is 3.57 Å². The van der Waals surface area contributed by atoms with Gasteiger partial charge in [-0.05, 0) is 34.7 Å². The van der Waals surface area contributed by atoms with Gasteiger partial charge in [0.1, 0.15) is 0 Å². The van der Waals surface area contributed by atoms with Gasteiger partial charge >= 0.3 is 6.18 Å². The van der Waals surface area contributed by atoms with Crippen LogP contribution in [0.15, 0.2) is 16.9 Å². The number of hydrogen-bond acceptors (Lipinski definition) is 3. The quantitative estimate of drug-likeness (QED) is 0.786. The highest BCUT2D eigenvalue weighted by atomic mass is 127. The summed E-state index contributed by atoms with van der Waals surface area (Å²) in [4.78, 5) is 17.7. The first-order valence-corrected chi connectivity index (χ1v) is 5.75. The molecule has 8 heteroatoms. The van der Waals surface area contributed by atoms with E-state index in [1.165, 1.54) is 29.7 Å². The van der Waals surface area contributed by atoms with Crippen molar-refractivity contribution in [1.82, 2.24) is 9.97 Å². The van der Waals surface area contributed by atoms with E-state index >= 15 is 0 Å². The fourth-order valence-electron chi connectivity index (χ4n) is 1.45. The van der Waals surface area contributed by atoms with E-state index in [0.717, 1.165) is 12.1 Å². The lowest BCUT2D eigenvalue weighted by molar-refractivity contribution is -0.138. The van der Waals surface area contributed by atoms with E-state index in [1.54, 1.807) is 0 Å². The number of benzene rings is 1. The number of fused-ring (bicyclic) bond motifs is 1. The third kappa shape index (κ3) is 2.28. The van der Waals surface area contributed by atoms with Crippen LogP contribution >= 0.6 is 22.6 Å². The summed E-state index contributed by atoms with van der Waals surface area (Å²) in [5.41, 5.74) is -1.41. The Kier molecular flexibility index (Phi) is 3.21. The Morgan fingerprint density at radius 2 is 2.06 bits per heavy atom. The number of aromatic amines is 1. The summed E-state index contributed by atoms with van der Waals surface area (Å²) in [6.07, 6.45) is -4.48. The van der Waals surface area contributed by atoms with E-state index in [1.807, 2.05) is 0 Å². The maximum atomic E-state index is 12.7. The maximum absolute atomic E-state index is 12.7.